The van der Waals surface area contributed by atoms with Crippen molar-refractivity contribution in [1.29, 1.82) is 0 Å². The number of carbonyl (C=O) groups excluding carboxylic acids is 1. The lowest BCUT2D eigenvalue weighted by atomic mass is 9.96. The highest BCUT2D eigenvalue weighted by atomic mass is 79.9. The zero-order valence-electron chi connectivity index (χ0n) is 11.9. The first kappa shape index (κ1) is 15.2. The van der Waals surface area contributed by atoms with Gasteiger partial charge in [0.15, 0.2) is 0 Å². The van der Waals surface area contributed by atoms with Crippen LogP contribution in [0, 0.1) is 5.92 Å². The number of benzene rings is 1. The number of nitrogens with zero attached hydrogens (tertiary/aromatic N) is 1. The molecule has 1 aliphatic heterocycles. The molecule has 0 spiro atoms. The van der Waals surface area contributed by atoms with Gasteiger partial charge in [-0.05, 0) is 38.0 Å². The summed E-state index contributed by atoms with van der Waals surface area (Å²) in [6, 6.07) is 6.02. The number of carbonyl (C=O) groups is 1. The van der Waals surface area contributed by atoms with Crippen molar-refractivity contribution in [2.24, 2.45) is 5.92 Å². The summed E-state index contributed by atoms with van der Waals surface area (Å²) >= 11 is 3.45. The van der Waals surface area contributed by atoms with Crippen LogP contribution in [-0.4, -0.2) is 32.8 Å². The molecule has 1 aromatic rings. The molecule has 2 rings (SSSR count). The molecule has 0 saturated carbocycles. The molecule has 0 aromatic heterocycles. The van der Waals surface area contributed by atoms with E-state index in [9.17, 15) is 4.79 Å². The number of rotatable bonds is 4. The Kier molecular flexibility index (Phi) is 5.29. The fraction of sp³-hybridized carbons (Fsp3) is 0.533. The smallest absolute Gasteiger partial charge is 0.309 e. The normalized spacial score (nSPS) is 16.1. The van der Waals surface area contributed by atoms with Crippen LogP contribution >= 0.6 is 15.9 Å². The van der Waals surface area contributed by atoms with Crippen molar-refractivity contribution in [1.82, 2.24) is 0 Å². The van der Waals surface area contributed by atoms with E-state index in [0.29, 0.717) is 6.61 Å². The van der Waals surface area contributed by atoms with Crippen LogP contribution in [0.1, 0.15) is 19.8 Å². The Bertz CT molecular complexity index is 470. The third kappa shape index (κ3) is 3.45. The summed E-state index contributed by atoms with van der Waals surface area (Å²) in [4.78, 5) is 14.0. The maximum absolute atomic E-state index is 11.7. The van der Waals surface area contributed by atoms with Crippen molar-refractivity contribution in [3.05, 3.63) is 22.7 Å². The molecule has 0 atom stereocenters. The van der Waals surface area contributed by atoms with Crippen LogP contribution in [0.3, 0.4) is 0 Å². The Morgan fingerprint density at radius 1 is 1.40 bits per heavy atom. The van der Waals surface area contributed by atoms with Crippen LogP contribution in [0.4, 0.5) is 5.69 Å². The lowest BCUT2D eigenvalue weighted by molar-refractivity contribution is -0.148. The second-order valence-corrected chi connectivity index (χ2v) is 5.75. The average molecular weight is 342 g/mol. The van der Waals surface area contributed by atoms with Crippen LogP contribution in [0.25, 0.3) is 0 Å². The van der Waals surface area contributed by atoms with E-state index in [1.165, 1.54) is 0 Å². The maximum atomic E-state index is 11.7. The second-order valence-electron chi connectivity index (χ2n) is 4.83. The first-order chi connectivity index (χ1) is 9.65. The average Bonchev–Trinajstić information content (AvgIpc) is 2.47. The molecule has 0 radical (unpaired) electrons. The molecule has 0 N–H and O–H groups in total. The highest BCUT2D eigenvalue weighted by Crippen LogP contribution is 2.34. The largest absolute Gasteiger partial charge is 0.495 e. The number of methoxy groups -OCH3 is 1. The standard InChI is InChI=1S/C15H20BrNO3/c1-3-20-15(18)11-6-8-17(9-7-11)13-5-4-12(16)10-14(13)19-2/h4-5,10-11H,3,6-9H2,1-2H3. The van der Waals surface area contributed by atoms with E-state index in [0.717, 1.165) is 41.8 Å². The molecule has 1 aromatic carbocycles. The van der Waals surface area contributed by atoms with Gasteiger partial charge in [-0.25, -0.2) is 0 Å². The summed E-state index contributed by atoms with van der Waals surface area (Å²) in [6.45, 7) is 4.00. The van der Waals surface area contributed by atoms with Gasteiger partial charge in [0.25, 0.3) is 0 Å². The van der Waals surface area contributed by atoms with Crippen molar-refractivity contribution >= 4 is 27.6 Å². The Hall–Kier alpha value is -1.23. The van der Waals surface area contributed by atoms with Gasteiger partial charge in [-0.1, -0.05) is 15.9 Å². The van der Waals surface area contributed by atoms with Gasteiger partial charge in [-0.3, -0.25) is 4.79 Å². The zero-order valence-corrected chi connectivity index (χ0v) is 13.5. The number of esters is 1. The molecule has 4 nitrogen and oxygen atoms in total. The van der Waals surface area contributed by atoms with Crippen LogP contribution in [0.2, 0.25) is 0 Å². The quantitative estimate of drug-likeness (QED) is 0.788. The van der Waals surface area contributed by atoms with Crippen LogP contribution < -0.4 is 9.64 Å². The van der Waals surface area contributed by atoms with E-state index in [2.05, 4.69) is 20.8 Å². The predicted octanol–water partition coefficient (Wildman–Crippen LogP) is 3.24. The minimum absolute atomic E-state index is 0.0349. The molecule has 0 unspecified atom stereocenters. The minimum atomic E-state index is -0.0603. The summed E-state index contributed by atoms with van der Waals surface area (Å²) in [6.07, 6.45) is 1.66. The van der Waals surface area contributed by atoms with Gasteiger partial charge >= 0.3 is 5.97 Å². The fourth-order valence-electron chi connectivity index (χ4n) is 2.53. The predicted molar refractivity (Wildman–Crippen MR) is 82.3 cm³/mol. The zero-order chi connectivity index (χ0) is 14.5. The molecule has 110 valence electrons. The third-order valence-corrected chi connectivity index (χ3v) is 4.09. The van der Waals surface area contributed by atoms with Crippen LogP contribution in [-0.2, 0) is 9.53 Å². The first-order valence-electron chi connectivity index (χ1n) is 6.90. The molecule has 1 aliphatic rings. The van der Waals surface area contributed by atoms with Gasteiger partial charge in [-0.2, -0.15) is 0 Å². The highest BCUT2D eigenvalue weighted by molar-refractivity contribution is 9.10. The summed E-state index contributed by atoms with van der Waals surface area (Å²) < 4.78 is 11.5. The van der Waals surface area contributed by atoms with E-state index >= 15 is 0 Å². The molecule has 1 heterocycles. The van der Waals surface area contributed by atoms with Crippen molar-refractivity contribution in [2.45, 2.75) is 19.8 Å². The molecule has 0 bridgehead atoms. The van der Waals surface area contributed by atoms with Crippen LogP contribution in [0.5, 0.6) is 5.75 Å². The Labute approximate surface area is 128 Å². The molecule has 1 fully saturated rings. The van der Waals surface area contributed by atoms with Crippen molar-refractivity contribution in [2.75, 3.05) is 31.7 Å². The van der Waals surface area contributed by atoms with Gasteiger partial charge in [0.05, 0.1) is 25.3 Å². The Balaban J connectivity index is 2.02. The van der Waals surface area contributed by atoms with E-state index in [4.69, 9.17) is 9.47 Å². The molecule has 5 heteroatoms. The van der Waals surface area contributed by atoms with Gasteiger partial charge < -0.3 is 14.4 Å². The topological polar surface area (TPSA) is 38.8 Å². The SMILES string of the molecule is CCOC(=O)C1CCN(c2ccc(Br)cc2OC)CC1. The fourth-order valence-corrected chi connectivity index (χ4v) is 2.87. The third-order valence-electron chi connectivity index (χ3n) is 3.60. The second kappa shape index (κ2) is 6.97. The molecule has 20 heavy (non-hydrogen) atoms. The van der Waals surface area contributed by atoms with Crippen molar-refractivity contribution in [3.8, 4) is 5.75 Å². The molecule has 0 amide bonds. The summed E-state index contributed by atoms with van der Waals surface area (Å²) in [5.41, 5.74) is 1.08. The summed E-state index contributed by atoms with van der Waals surface area (Å²) in [5.74, 6) is 0.830. The molecular weight excluding hydrogens is 322 g/mol. The molecular formula is C15H20BrNO3. The lowest BCUT2D eigenvalue weighted by Crippen LogP contribution is -2.37. The number of halogens is 1. The monoisotopic (exact) mass is 341 g/mol. The Morgan fingerprint density at radius 2 is 2.10 bits per heavy atom. The minimum Gasteiger partial charge on any atom is -0.495 e. The van der Waals surface area contributed by atoms with Gasteiger partial charge in [0, 0.05) is 17.6 Å². The summed E-state index contributed by atoms with van der Waals surface area (Å²) in [5, 5.41) is 0. The lowest BCUT2D eigenvalue weighted by Gasteiger charge is -2.33. The highest BCUT2D eigenvalue weighted by Gasteiger charge is 2.27. The number of ether oxygens (including phenoxy) is 2. The number of piperidine rings is 1. The van der Waals surface area contributed by atoms with Gasteiger partial charge in [0.2, 0.25) is 0 Å². The van der Waals surface area contributed by atoms with Gasteiger partial charge in [-0.15, -0.1) is 0 Å². The van der Waals surface area contributed by atoms with Crippen LogP contribution in [0.15, 0.2) is 22.7 Å². The van der Waals surface area contributed by atoms with Gasteiger partial charge in [0.1, 0.15) is 5.75 Å². The first-order valence-corrected chi connectivity index (χ1v) is 7.70. The summed E-state index contributed by atoms with van der Waals surface area (Å²) in [7, 11) is 1.68. The molecule has 0 aliphatic carbocycles. The van der Waals surface area contributed by atoms with Crippen molar-refractivity contribution in [3.63, 3.8) is 0 Å². The number of hydrogen-bond acceptors (Lipinski definition) is 4. The van der Waals surface area contributed by atoms with E-state index in [1.54, 1.807) is 7.11 Å². The number of hydrogen-bond donors (Lipinski definition) is 0. The van der Waals surface area contributed by atoms with Crippen molar-refractivity contribution < 1.29 is 14.3 Å². The van der Waals surface area contributed by atoms with E-state index in [1.807, 2.05) is 25.1 Å². The number of anilines is 1. The molecule has 1 saturated heterocycles. The van der Waals surface area contributed by atoms with E-state index in [-0.39, 0.29) is 11.9 Å². The Morgan fingerprint density at radius 3 is 2.70 bits per heavy atom. The van der Waals surface area contributed by atoms with E-state index < -0.39 is 0 Å². The maximum Gasteiger partial charge on any atom is 0.309 e.